The second-order valence-electron chi connectivity index (χ2n) is 10.1. The zero-order chi connectivity index (χ0) is 27.9. The fourth-order valence-corrected chi connectivity index (χ4v) is 5.41. The van der Waals surface area contributed by atoms with Crippen LogP contribution in [0.2, 0.25) is 0 Å². The van der Waals surface area contributed by atoms with Crippen molar-refractivity contribution in [3.63, 3.8) is 0 Å². The SMILES string of the molecule is CCNC(=O)[C@H](C)NCC1Cc2cccc(c2)CCCCc2cc(cc(N(C)S(=O)(=O)N(C)C)c2)C(=O)N1. The number of anilines is 1. The number of aryl methyl sites for hydroxylation is 2. The third-order valence-electron chi connectivity index (χ3n) is 6.82. The zero-order valence-corrected chi connectivity index (χ0v) is 23.9. The predicted octanol–water partition coefficient (Wildman–Crippen LogP) is 2.26. The molecule has 1 unspecified atom stereocenters. The number of carbonyl (C=O) groups is 2. The fourth-order valence-electron chi connectivity index (χ4n) is 4.55. The summed E-state index contributed by atoms with van der Waals surface area (Å²) in [6.07, 6.45) is 4.17. The molecule has 2 aromatic rings. The first-order valence-electron chi connectivity index (χ1n) is 13.2. The molecular weight excluding hydrogens is 502 g/mol. The lowest BCUT2D eigenvalue weighted by Gasteiger charge is -2.25. The Balaban J connectivity index is 1.94. The first-order chi connectivity index (χ1) is 18.0. The lowest BCUT2D eigenvalue weighted by molar-refractivity contribution is -0.122. The van der Waals surface area contributed by atoms with Gasteiger partial charge in [-0.15, -0.1) is 0 Å². The van der Waals surface area contributed by atoms with E-state index in [2.05, 4.69) is 40.2 Å². The molecule has 1 heterocycles. The number of hydrogen-bond acceptors (Lipinski definition) is 5. The number of benzene rings is 2. The van der Waals surface area contributed by atoms with E-state index in [0.717, 1.165) is 41.1 Å². The van der Waals surface area contributed by atoms with Gasteiger partial charge in [0.2, 0.25) is 5.91 Å². The molecule has 0 aliphatic carbocycles. The van der Waals surface area contributed by atoms with Gasteiger partial charge in [0.1, 0.15) is 0 Å². The van der Waals surface area contributed by atoms with Crippen molar-refractivity contribution < 1.29 is 18.0 Å². The van der Waals surface area contributed by atoms with Crippen LogP contribution in [-0.2, 0) is 34.3 Å². The van der Waals surface area contributed by atoms with E-state index in [1.807, 2.05) is 19.1 Å². The summed E-state index contributed by atoms with van der Waals surface area (Å²) in [4.78, 5) is 25.8. The summed E-state index contributed by atoms with van der Waals surface area (Å²) in [5.74, 6) is -0.376. The molecule has 3 rings (SSSR count). The molecular formula is C28H41N5O4S. The molecule has 2 amide bonds. The Morgan fingerprint density at radius 3 is 2.42 bits per heavy atom. The summed E-state index contributed by atoms with van der Waals surface area (Å²) in [6, 6.07) is 13.0. The van der Waals surface area contributed by atoms with Gasteiger partial charge in [0.05, 0.1) is 11.7 Å². The van der Waals surface area contributed by atoms with Gasteiger partial charge < -0.3 is 16.0 Å². The number of likely N-dealkylation sites (N-methyl/N-ethyl adjacent to an activating group) is 1. The normalized spacial score (nSPS) is 17.3. The van der Waals surface area contributed by atoms with Crippen LogP contribution in [0.25, 0.3) is 0 Å². The van der Waals surface area contributed by atoms with Gasteiger partial charge in [-0.3, -0.25) is 13.9 Å². The van der Waals surface area contributed by atoms with Gasteiger partial charge >= 0.3 is 10.2 Å². The number of carbonyl (C=O) groups excluding carboxylic acids is 2. The van der Waals surface area contributed by atoms with E-state index in [-0.39, 0.29) is 17.9 Å². The van der Waals surface area contributed by atoms with Gasteiger partial charge in [0, 0.05) is 45.8 Å². The zero-order valence-electron chi connectivity index (χ0n) is 23.1. The molecule has 2 aromatic carbocycles. The largest absolute Gasteiger partial charge is 0.355 e. The van der Waals surface area contributed by atoms with Crippen LogP contribution < -0.4 is 20.3 Å². The number of amides is 2. The van der Waals surface area contributed by atoms with E-state index in [1.165, 1.54) is 31.0 Å². The summed E-state index contributed by atoms with van der Waals surface area (Å²) in [5, 5.41) is 9.19. The Kier molecular flexibility index (Phi) is 10.3. The van der Waals surface area contributed by atoms with Crippen LogP contribution >= 0.6 is 0 Å². The summed E-state index contributed by atoms with van der Waals surface area (Å²) in [6.45, 7) is 4.62. The number of fused-ring (bicyclic) bond motifs is 4. The summed E-state index contributed by atoms with van der Waals surface area (Å²) >= 11 is 0. The quantitative estimate of drug-likeness (QED) is 0.473. The van der Waals surface area contributed by atoms with Crippen LogP contribution in [0.3, 0.4) is 0 Å². The molecule has 10 heteroatoms. The van der Waals surface area contributed by atoms with Gasteiger partial charge in [0.25, 0.3) is 5.91 Å². The average Bonchev–Trinajstić information content (AvgIpc) is 2.88. The first kappa shape index (κ1) is 29.6. The van der Waals surface area contributed by atoms with Crippen LogP contribution in [0.1, 0.15) is 53.7 Å². The molecule has 0 fully saturated rings. The van der Waals surface area contributed by atoms with E-state index in [0.29, 0.717) is 30.8 Å². The van der Waals surface area contributed by atoms with Crippen molar-refractivity contribution in [3.05, 3.63) is 64.7 Å². The standard InChI is InChI=1S/C28H41N5O4S/c1-6-29-27(34)20(2)30-19-25-16-22-13-9-12-21(14-22)10-7-8-11-23-15-24(28(35)31-25)18-26(17-23)33(5)38(36,37)32(3)4/h9,12-15,17-18,20,25,30H,6-8,10-11,16,19H2,1-5H3,(H,29,34)(H,31,35)/t20-,25?/m0/s1. The van der Waals surface area contributed by atoms with E-state index in [9.17, 15) is 18.0 Å². The maximum atomic E-state index is 13.5. The summed E-state index contributed by atoms with van der Waals surface area (Å²) in [7, 11) is 0.747. The van der Waals surface area contributed by atoms with Crippen molar-refractivity contribution in [1.82, 2.24) is 20.3 Å². The number of hydrogen-bond donors (Lipinski definition) is 3. The van der Waals surface area contributed by atoms with Gasteiger partial charge in [-0.1, -0.05) is 24.3 Å². The van der Waals surface area contributed by atoms with Crippen LogP contribution in [-0.4, -0.2) is 70.9 Å². The molecule has 0 saturated carbocycles. The van der Waals surface area contributed by atoms with Crippen molar-refractivity contribution in [2.75, 3.05) is 38.5 Å². The third kappa shape index (κ3) is 7.78. The molecule has 9 nitrogen and oxygen atoms in total. The van der Waals surface area contributed by atoms with Gasteiger partial charge in [-0.05, 0) is 80.8 Å². The van der Waals surface area contributed by atoms with E-state index >= 15 is 0 Å². The van der Waals surface area contributed by atoms with Gasteiger partial charge in [-0.25, -0.2) is 0 Å². The van der Waals surface area contributed by atoms with E-state index in [4.69, 9.17) is 0 Å². The average molecular weight is 544 g/mol. The fraction of sp³-hybridized carbons (Fsp3) is 0.500. The lowest BCUT2D eigenvalue weighted by Crippen LogP contribution is -2.49. The Morgan fingerprint density at radius 1 is 1.05 bits per heavy atom. The molecule has 4 bridgehead atoms. The van der Waals surface area contributed by atoms with Crippen molar-refractivity contribution >= 4 is 27.7 Å². The minimum atomic E-state index is -3.71. The van der Waals surface area contributed by atoms with Crippen molar-refractivity contribution in [1.29, 1.82) is 0 Å². The maximum absolute atomic E-state index is 13.5. The van der Waals surface area contributed by atoms with E-state index in [1.54, 1.807) is 13.0 Å². The molecule has 0 spiro atoms. The summed E-state index contributed by atoms with van der Waals surface area (Å²) < 4.78 is 28.0. The highest BCUT2D eigenvalue weighted by atomic mass is 32.2. The molecule has 0 aromatic heterocycles. The first-order valence-corrected chi connectivity index (χ1v) is 14.6. The van der Waals surface area contributed by atoms with Crippen LogP contribution in [0.4, 0.5) is 5.69 Å². The Bertz CT molecular complexity index is 1230. The van der Waals surface area contributed by atoms with Crippen molar-refractivity contribution in [3.8, 4) is 0 Å². The van der Waals surface area contributed by atoms with Crippen molar-refractivity contribution in [2.24, 2.45) is 0 Å². The van der Waals surface area contributed by atoms with Gasteiger partial charge in [-0.2, -0.15) is 12.7 Å². The summed E-state index contributed by atoms with van der Waals surface area (Å²) in [5.41, 5.74) is 4.13. The molecule has 0 radical (unpaired) electrons. The monoisotopic (exact) mass is 543 g/mol. The number of nitrogens with one attached hydrogen (secondary N) is 3. The minimum absolute atomic E-state index is 0.0933. The van der Waals surface area contributed by atoms with Crippen LogP contribution in [0.5, 0.6) is 0 Å². The molecule has 0 saturated heterocycles. The Morgan fingerprint density at radius 2 is 1.74 bits per heavy atom. The highest BCUT2D eigenvalue weighted by Gasteiger charge is 2.24. The Hall–Kier alpha value is -2.95. The molecule has 38 heavy (non-hydrogen) atoms. The lowest BCUT2D eigenvalue weighted by atomic mass is 9.97. The van der Waals surface area contributed by atoms with Crippen molar-refractivity contribution in [2.45, 2.75) is 58.0 Å². The topological polar surface area (TPSA) is 111 Å². The third-order valence-corrected chi connectivity index (χ3v) is 8.64. The molecule has 3 N–H and O–H groups in total. The second-order valence-corrected chi connectivity index (χ2v) is 12.2. The number of rotatable bonds is 8. The van der Waals surface area contributed by atoms with E-state index < -0.39 is 16.3 Å². The molecule has 1 aliphatic heterocycles. The second kappa shape index (κ2) is 13.2. The molecule has 208 valence electrons. The molecule has 1 aliphatic rings. The Labute approximate surface area is 227 Å². The smallest absolute Gasteiger partial charge is 0.303 e. The molecule has 2 atom stereocenters. The van der Waals surface area contributed by atoms with Crippen LogP contribution in [0, 0.1) is 0 Å². The maximum Gasteiger partial charge on any atom is 0.303 e. The van der Waals surface area contributed by atoms with Crippen LogP contribution in [0.15, 0.2) is 42.5 Å². The highest BCUT2D eigenvalue weighted by molar-refractivity contribution is 7.90. The number of nitrogens with zero attached hydrogens (tertiary/aromatic N) is 2. The predicted molar refractivity (Wildman–Crippen MR) is 152 cm³/mol. The van der Waals surface area contributed by atoms with Gasteiger partial charge in [0.15, 0.2) is 0 Å². The highest BCUT2D eigenvalue weighted by Crippen LogP contribution is 2.24. The minimum Gasteiger partial charge on any atom is -0.355 e.